The van der Waals surface area contributed by atoms with Gasteiger partial charge in [-0.05, 0) is 12.0 Å². The van der Waals surface area contributed by atoms with Gasteiger partial charge in [-0.2, -0.15) is 0 Å². The summed E-state index contributed by atoms with van der Waals surface area (Å²) in [5, 5.41) is 10.6. The zero-order valence-electron chi connectivity index (χ0n) is 8.61. The van der Waals surface area contributed by atoms with Crippen molar-refractivity contribution in [3.63, 3.8) is 0 Å². The van der Waals surface area contributed by atoms with Crippen LogP contribution < -0.4 is 3.93 Å². The molecule has 0 aliphatic carbocycles. The molecule has 0 aromatic heterocycles. The van der Waals surface area contributed by atoms with Crippen molar-refractivity contribution in [1.82, 2.24) is 0 Å². The van der Waals surface area contributed by atoms with E-state index in [0.29, 0.717) is 0 Å². The van der Waals surface area contributed by atoms with Crippen molar-refractivity contribution in [3.8, 4) is 0 Å². The van der Waals surface area contributed by atoms with Crippen LogP contribution in [-0.2, 0) is 0 Å². The number of halogens is 1. The highest BCUT2D eigenvalue weighted by molar-refractivity contribution is 9.10. The van der Waals surface area contributed by atoms with Gasteiger partial charge < -0.3 is 3.93 Å². The molecule has 1 rings (SSSR count). The summed E-state index contributed by atoms with van der Waals surface area (Å²) in [7, 11) is 0. The Labute approximate surface area is 97.4 Å². The molecule has 0 unspecified atom stereocenters. The first-order valence-electron chi connectivity index (χ1n) is 4.47. The lowest BCUT2D eigenvalue weighted by molar-refractivity contribution is -0.384. The maximum Gasteiger partial charge on any atom is 0.271 e. The van der Waals surface area contributed by atoms with Gasteiger partial charge in [0.15, 0.2) is 0 Å². The summed E-state index contributed by atoms with van der Waals surface area (Å²) in [6.45, 7) is 4.73. The normalized spacial score (nSPS) is 10.4. The maximum atomic E-state index is 10.6. The molecule has 0 heterocycles. The minimum absolute atomic E-state index is 0.103. The molecule has 4 nitrogen and oxygen atoms in total. The summed E-state index contributed by atoms with van der Waals surface area (Å²) >= 11 is 3.36. The molecule has 0 N–H and O–H groups in total. The van der Waals surface area contributed by atoms with Crippen LogP contribution in [0.1, 0.15) is 13.8 Å². The van der Waals surface area contributed by atoms with Gasteiger partial charge in [0.1, 0.15) is 0 Å². The van der Waals surface area contributed by atoms with Crippen LogP contribution in [0.2, 0.25) is 0 Å². The minimum atomic E-state index is -0.396. The van der Waals surface area contributed by atoms with E-state index < -0.39 is 4.92 Å². The average molecular weight is 272 g/mol. The number of rotatable bonds is 4. The lowest BCUT2D eigenvalue weighted by Gasteiger charge is -2.17. The van der Waals surface area contributed by atoms with Crippen LogP contribution in [0.3, 0.4) is 0 Å². The number of hydrogen-bond acceptors (Lipinski definition) is 3. The maximum absolute atomic E-state index is 10.6. The molecule has 0 aliphatic rings. The summed E-state index contributed by atoms with van der Waals surface area (Å²) < 4.78 is 1.80. The van der Waals surface area contributed by atoms with Crippen molar-refractivity contribution in [3.05, 3.63) is 40.3 Å². The average Bonchev–Trinajstić information content (AvgIpc) is 2.17. The Kier molecular flexibility index (Phi) is 4.08. The second-order valence-electron chi connectivity index (χ2n) is 3.50. The zero-order valence-corrected chi connectivity index (χ0v) is 10.2. The number of anilines is 1. The van der Waals surface area contributed by atoms with Crippen LogP contribution >= 0.6 is 16.1 Å². The van der Waals surface area contributed by atoms with Crippen molar-refractivity contribution < 1.29 is 4.92 Å². The molecule has 1 aromatic carbocycles. The molecule has 0 atom stereocenters. The van der Waals surface area contributed by atoms with Crippen molar-refractivity contribution >= 4 is 27.5 Å². The van der Waals surface area contributed by atoms with E-state index in [2.05, 4.69) is 16.1 Å². The van der Waals surface area contributed by atoms with Crippen LogP contribution in [0, 0.1) is 16.0 Å². The Balaban J connectivity index is 2.85. The Hall–Kier alpha value is -1.10. The molecule has 0 bridgehead atoms. The Morgan fingerprint density at radius 3 is 2.73 bits per heavy atom. The Morgan fingerprint density at radius 1 is 1.53 bits per heavy atom. The van der Waals surface area contributed by atoms with Crippen LogP contribution in [0.15, 0.2) is 24.3 Å². The first kappa shape index (κ1) is 12.0. The first-order chi connectivity index (χ1) is 7.00. The number of nitro benzene ring substituents is 1. The van der Waals surface area contributed by atoms with Gasteiger partial charge in [-0.25, -0.2) is 0 Å². The molecule has 81 valence electrons. The number of nitrogens with zero attached hydrogens (tertiary/aromatic N) is 2. The molecule has 0 aliphatic heterocycles. The van der Waals surface area contributed by atoms with Gasteiger partial charge in [0.25, 0.3) is 5.69 Å². The minimum Gasteiger partial charge on any atom is -0.308 e. The number of non-ortho nitro benzene ring substituents is 1. The molecular formula is C10H12BrN2O2. The van der Waals surface area contributed by atoms with Crippen molar-refractivity contribution in [2.75, 3.05) is 10.5 Å². The smallest absolute Gasteiger partial charge is 0.271 e. The molecular weight excluding hydrogens is 260 g/mol. The van der Waals surface area contributed by atoms with E-state index in [9.17, 15) is 10.1 Å². The lowest BCUT2D eigenvalue weighted by Crippen LogP contribution is -2.14. The molecule has 0 saturated heterocycles. The summed E-state index contributed by atoms with van der Waals surface area (Å²) in [5.74, 6) is 1.22. The fourth-order valence-corrected chi connectivity index (χ4v) is 1.85. The van der Waals surface area contributed by atoms with E-state index in [-0.39, 0.29) is 5.69 Å². The van der Waals surface area contributed by atoms with Crippen LogP contribution in [0.4, 0.5) is 11.4 Å². The second kappa shape index (κ2) is 5.11. The van der Waals surface area contributed by atoms with E-state index in [1.165, 1.54) is 18.1 Å². The zero-order chi connectivity index (χ0) is 11.4. The SMILES string of the molecule is C[C](C)CN(Br)c1cccc([N+](=O)[O-])c1. The van der Waals surface area contributed by atoms with Crippen LogP contribution in [0.5, 0.6) is 0 Å². The molecule has 0 saturated carbocycles. The van der Waals surface area contributed by atoms with E-state index in [0.717, 1.165) is 12.2 Å². The van der Waals surface area contributed by atoms with Crippen molar-refractivity contribution in [1.29, 1.82) is 0 Å². The summed E-state index contributed by atoms with van der Waals surface area (Å²) in [5.41, 5.74) is 0.885. The molecule has 15 heavy (non-hydrogen) atoms. The van der Waals surface area contributed by atoms with Crippen molar-refractivity contribution in [2.24, 2.45) is 0 Å². The summed E-state index contributed by atoms with van der Waals surface area (Å²) in [6, 6.07) is 6.52. The van der Waals surface area contributed by atoms with E-state index in [1.54, 1.807) is 9.99 Å². The predicted octanol–water partition coefficient (Wildman–Crippen LogP) is 3.33. The van der Waals surface area contributed by atoms with E-state index >= 15 is 0 Å². The van der Waals surface area contributed by atoms with Gasteiger partial charge in [0.2, 0.25) is 0 Å². The Bertz CT molecular complexity index is 355. The largest absolute Gasteiger partial charge is 0.308 e. The molecule has 0 spiro atoms. The highest BCUT2D eigenvalue weighted by atomic mass is 79.9. The molecule has 0 amide bonds. The number of benzene rings is 1. The monoisotopic (exact) mass is 271 g/mol. The van der Waals surface area contributed by atoms with Gasteiger partial charge in [-0.1, -0.05) is 19.9 Å². The highest BCUT2D eigenvalue weighted by Gasteiger charge is 2.10. The summed E-state index contributed by atoms with van der Waals surface area (Å²) in [6.07, 6.45) is 0. The number of nitro groups is 1. The van der Waals surface area contributed by atoms with Gasteiger partial charge in [0, 0.05) is 34.8 Å². The van der Waals surface area contributed by atoms with E-state index in [1.807, 2.05) is 19.9 Å². The first-order valence-corrected chi connectivity index (χ1v) is 5.18. The topological polar surface area (TPSA) is 46.4 Å². The van der Waals surface area contributed by atoms with Gasteiger partial charge in [-0.3, -0.25) is 10.1 Å². The second-order valence-corrected chi connectivity index (χ2v) is 4.36. The number of hydrogen-bond donors (Lipinski definition) is 0. The lowest BCUT2D eigenvalue weighted by atomic mass is 10.2. The standard InChI is InChI=1S/C10H12BrN2O2/c1-8(2)7-12(11)9-4-3-5-10(6-9)13(14)15/h3-6H,7H2,1-2H3. The molecule has 1 radical (unpaired) electrons. The van der Waals surface area contributed by atoms with Crippen LogP contribution in [-0.4, -0.2) is 11.5 Å². The third-order valence-electron chi connectivity index (χ3n) is 1.78. The predicted molar refractivity (Wildman–Crippen MR) is 64.0 cm³/mol. The van der Waals surface area contributed by atoms with Crippen LogP contribution in [0.25, 0.3) is 0 Å². The summed E-state index contributed by atoms with van der Waals surface area (Å²) in [4.78, 5) is 10.2. The molecule has 5 heteroatoms. The fraction of sp³-hybridized carbons (Fsp3) is 0.300. The van der Waals surface area contributed by atoms with Crippen molar-refractivity contribution in [2.45, 2.75) is 13.8 Å². The van der Waals surface area contributed by atoms with Gasteiger partial charge in [-0.15, -0.1) is 0 Å². The highest BCUT2D eigenvalue weighted by Crippen LogP contribution is 2.24. The third kappa shape index (κ3) is 3.51. The molecule has 1 aromatic rings. The van der Waals surface area contributed by atoms with E-state index in [4.69, 9.17) is 0 Å². The molecule has 0 fully saturated rings. The third-order valence-corrected chi connectivity index (χ3v) is 2.44. The Morgan fingerprint density at radius 2 is 2.20 bits per heavy atom. The fourth-order valence-electron chi connectivity index (χ4n) is 1.13. The quantitative estimate of drug-likeness (QED) is 0.480. The van der Waals surface area contributed by atoms with Gasteiger partial charge in [0.05, 0.1) is 10.6 Å². The van der Waals surface area contributed by atoms with Gasteiger partial charge >= 0.3 is 0 Å².